The largest absolute Gasteiger partial charge is 0.462 e. The highest BCUT2D eigenvalue weighted by Crippen LogP contribution is 2.12. The quantitative estimate of drug-likeness (QED) is 0.484. The summed E-state index contributed by atoms with van der Waals surface area (Å²) in [6, 6.07) is 3.10. The topological polar surface area (TPSA) is 108 Å². The third kappa shape index (κ3) is 3.09. The summed E-state index contributed by atoms with van der Waals surface area (Å²) >= 11 is 1.20. The molecule has 0 saturated carbocycles. The zero-order valence-corrected chi connectivity index (χ0v) is 11.3. The SMILES string of the molecule is CON=C(C(=O)C(=O)Cc1csc(N)n1)c1ccco1. The van der Waals surface area contributed by atoms with E-state index in [2.05, 4.69) is 15.0 Å². The summed E-state index contributed by atoms with van der Waals surface area (Å²) in [7, 11) is 1.28. The lowest BCUT2D eigenvalue weighted by Gasteiger charge is -2.00. The minimum absolute atomic E-state index is 0.143. The number of carbonyl (C=O) groups is 2. The Kier molecular flexibility index (Phi) is 4.26. The maximum absolute atomic E-state index is 12.1. The van der Waals surface area contributed by atoms with Gasteiger partial charge in [0.25, 0.3) is 5.78 Å². The number of Topliss-reactive ketones (excluding diaryl/α,β-unsaturated/α-hetero) is 2. The first-order valence-corrected chi connectivity index (χ1v) is 6.42. The Bertz CT molecular complexity index is 645. The van der Waals surface area contributed by atoms with Gasteiger partial charge in [0.2, 0.25) is 5.78 Å². The molecule has 2 rings (SSSR count). The summed E-state index contributed by atoms with van der Waals surface area (Å²) in [6.45, 7) is 0. The molecule has 2 N–H and O–H groups in total. The van der Waals surface area contributed by atoms with Crippen molar-refractivity contribution in [2.75, 3.05) is 12.8 Å². The predicted octanol–water partition coefficient (Wildman–Crippen LogP) is 1.05. The predicted molar refractivity (Wildman–Crippen MR) is 72.5 cm³/mol. The van der Waals surface area contributed by atoms with Gasteiger partial charge < -0.3 is 15.0 Å². The fourth-order valence-corrected chi connectivity index (χ4v) is 2.05. The number of aromatic nitrogens is 1. The number of oxime groups is 1. The van der Waals surface area contributed by atoms with E-state index < -0.39 is 11.6 Å². The number of thiazole rings is 1. The number of ketones is 2. The molecule has 20 heavy (non-hydrogen) atoms. The van der Waals surface area contributed by atoms with Crippen LogP contribution in [-0.4, -0.2) is 29.4 Å². The highest BCUT2D eigenvalue weighted by atomic mass is 32.1. The fraction of sp³-hybridized carbons (Fsp3) is 0.167. The van der Waals surface area contributed by atoms with Gasteiger partial charge in [-0.3, -0.25) is 9.59 Å². The van der Waals surface area contributed by atoms with Crippen LogP contribution in [-0.2, 0) is 20.8 Å². The van der Waals surface area contributed by atoms with Crippen LogP contribution in [0.2, 0.25) is 0 Å². The van der Waals surface area contributed by atoms with Gasteiger partial charge in [0.15, 0.2) is 16.6 Å². The standard InChI is InChI=1S/C12H11N3O4S/c1-18-15-10(9-3-2-4-19-9)11(17)8(16)5-7-6-20-12(13)14-7/h2-4,6H,5H2,1H3,(H2,13,14). The van der Waals surface area contributed by atoms with Crippen molar-refractivity contribution in [3.63, 3.8) is 0 Å². The lowest BCUT2D eigenvalue weighted by molar-refractivity contribution is -0.132. The number of nitrogens with zero attached hydrogens (tertiary/aromatic N) is 2. The Morgan fingerprint density at radius 2 is 2.35 bits per heavy atom. The van der Waals surface area contributed by atoms with E-state index in [-0.39, 0.29) is 17.9 Å². The molecule has 2 aromatic heterocycles. The van der Waals surface area contributed by atoms with Crippen LogP contribution in [0.25, 0.3) is 0 Å². The molecule has 0 atom stereocenters. The molecule has 0 bridgehead atoms. The molecule has 0 saturated heterocycles. The molecule has 0 amide bonds. The van der Waals surface area contributed by atoms with Gasteiger partial charge in [-0.05, 0) is 12.1 Å². The first kappa shape index (κ1) is 13.9. The first-order valence-electron chi connectivity index (χ1n) is 5.54. The summed E-state index contributed by atoms with van der Waals surface area (Å²) in [5.41, 5.74) is 5.74. The van der Waals surface area contributed by atoms with E-state index in [0.717, 1.165) is 0 Å². The number of nitrogens with two attached hydrogens (primary N) is 1. The van der Waals surface area contributed by atoms with Gasteiger partial charge in [-0.15, -0.1) is 11.3 Å². The molecule has 0 radical (unpaired) electrons. The van der Waals surface area contributed by atoms with Crippen molar-refractivity contribution in [1.82, 2.24) is 4.98 Å². The molecular weight excluding hydrogens is 282 g/mol. The number of nitrogen functional groups attached to an aromatic ring is 1. The number of rotatable bonds is 6. The van der Waals surface area contributed by atoms with Crippen LogP contribution >= 0.6 is 11.3 Å². The normalized spacial score (nSPS) is 11.3. The van der Waals surface area contributed by atoms with E-state index >= 15 is 0 Å². The van der Waals surface area contributed by atoms with E-state index in [4.69, 9.17) is 10.2 Å². The van der Waals surface area contributed by atoms with Crippen LogP contribution in [0.5, 0.6) is 0 Å². The van der Waals surface area contributed by atoms with E-state index in [9.17, 15) is 9.59 Å². The summed E-state index contributed by atoms with van der Waals surface area (Å²) in [5, 5.41) is 5.51. The van der Waals surface area contributed by atoms with Crippen molar-refractivity contribution < 1.29 is 18.8 Å². The Labute approximate surface area is 118 Å². The minimum Gasteiger partial charge on any atom is -0.462 e. The van der Waals surface area contributed by atoms with Gasteiger partial charge in [-0.2, -0.15) is 0 Å². The molecule has 0 spiro atoms. The molecule has 0 aliphatic rings. The minimum atomic E-state index is -0.798. The molecule has 104 valence electrons. The molecule has 8 heteroatoms. The smallest absolute Gasteiger partial charge is 0.254 e. The second-order valence-electron chi connectivity index (χ2n) is 3.71. The third-order valence-corrected chi connectivity index (χ3v) is 3.04. The Hall–Kier alpha value is -2.48. The van der Waals surface area contributed by atoms with E-state index in [1.807, 2.05) is 0 Å². The van der Waals surface area contributed by atoms with Crippen molar-refractivity contribution in [3.05, 3.63) is 35.2 Å². The van der Waals surface area contributed by atoms with Crippen LogP contribution in [0, 0.1) is 0 Å². The molecule has 0 aromatic carbocycles. The van der Waals surface area contributed by atoms with Crippen LogP contribution in [0.4, 0.5) is 5.13 Å². The van der Waals surface area contributed by atoms with Crippen LogP contribution in [0.3, 0.4) is 0 Å². The van der Waals surface area contributed by atoms with E-state index in [1.54, 1.807) is 11.4 Å². The van der Waals surface area contributed by atoms with Gasteiger partial charge in [-0.25, -0.2) is 4.98 Å². The molecule has 2 aromatic rings. The maximum atomic E-state index is 12.1. The van der Waals surface area contributed by atoms with E-state index in [1.165, 1.54) is 30.8 Å². The summed E-state index contributed by atoms with van der Waals surface area (Å²) in [5.74, 6) is -1.29. The first-order chi connectivity index (χ1) is 9.61. The maximum Gasteiger partial charge on any atom is 0.254 e. The van der Waals surface area contributed by atoms with Gasteiger partial charge in [-0.1, -0.05) is 5.16 Å². The molecule has 0 aliphatic heterocycles. The van der Waals surface area contributed by atoms with Crippen LogP contribution < -0.4 is 5.73 Å². The van der Waals surface area contributed by atoms with Crippen molar-refractivity contribution in [1.29, 1.82) is 0 Å². The fourth-order valence-electron chi connectivity index (χ4n) is 1.48. The Balaban J connectivity index is 2.16. The summed E-state index contributed by atoms with van der Waals surface area (Å²) in [4.78, 5) is 32.5. The molecule has 0 unspecified atom stereocenters. The summed E-state index contributed by atoms with van der Waals surface area (Å²) in [6.07, 6.45) is 1.23. The lowest BCUT2D eigenvalue weighted by Crippen LogP contribution is -2.26. The monoisotopic (exact) mass is 293 g/mol. The second-order valence-corrected chi connectivity index (χ2v) is 4.60. The Morgan fingerprint density at radius 1 is 1.55 bits per heavy atom. The number of anilines is 1. The molecule has 2 heterocycles. The lowest BCUT2D eigenvalue weighted by atomic mass is 10.1. The number of hydrogen-bond donors (Lipinski definition) is 1. The molecular formula is C12H11N3O4S. The summed E-state index contributed by atoms with van der Waals surface area (Å²) < 4.78 is 5.06. The number of carbonyl (C=O) groups excluding carboxylic acids is 2. The van der Waals surface area contributed by atoms with Crippen LogP contribution in [0.1, 0.15) is 11.5 Å². The van der Waals surface area contributed by atoms with E-state index in [0.29, 0.717) is 10.8 Å². The third-order valence-electron chi connectivity index (χ3n) is 2.32. The van der Waals surface area contributed by atoms with Crippen molar-refractivity contribution in [2.24, 2.45) is 5.16 Å². The average Bonchev–Trinajstić information content (AvgIpc) is 3.07. The second kappa shape index (κ2) is 6.11. The number of hydrogen-bond acceptors (Lipinski definition) is 8. The van der Waals surface area contributed by atoms with Crippen molar-refractivity contribution in [2.45, 2.75) is 6.42 Å². The highest BCUT2D eigenvalue weighted by molar-refractivity contribution is 7.13. The van der Waals surface area contributed by atoms with Crippen molar-refractivity contribution >= 4 is 33.7 Å². The zero-order chi connectivity index (χ0) is 14.5. The molecule has 0 aliphatic carbocycles. The average molecular weight is 293 g/mol. The van der Waals surface area contributed by atoms with Gasteiger partial charge in [0.1, 0.15) is 7.11 Å². The number of furan rings is 1. The van der Waals surface area contributed by atoms with Gasteiger partial charge in [0, 0.05) is 5.38 Å². The van der Waals surface area contributed by atoms with Crippen molar-refractivity contribution in [3.8, 4) is 0 Å². The molecule has 7 nitrogen and oxygen atoms in total. The highest BCUT2D eigenvalue weighted by Gasteiger charge is 2.25. The van der Waals surface area contributed by atoms with Gasteiger partial charge in [0.05, 0.1) is 18.4 Å². The molecule has 0 fully saturated rings. The van der Waals surface area contributed by atoms with Crippen LogP contribution in [0.15, 0.2) is 33.3 Å². The zero-order valence-electron chi connectivity index (χ0n) is 10.5. The van der Waals surface area contributed by atoms with Gasteiger partial charge >= 0.3 is 0 Å². The Morgan fingerprint density at radius 3 is 2.90 bits per heavy atom.